The molecule has 3 heteroatoms. The van der Waals surface area contributed by atoms with Crippen LogP contribution in [0, 0.1) is 13.8 Å². The molecule has 0 aliphatic carbocycles. The number of rotatable bonds is 1. The van der Waals surface area contributed by atoms with Crippen molar-refractivity contribution >= 4 is 0 Å². The number of hydrogen-bond acceptors (Lipinski definition) is 2. The Labute approximate surface area is 76.9 Å². The quantitative estimate of drug-likeness (QED) is 0.717. The minimum Gasteiger partial charge on any atom is -0.341 e. The minimum atomic E-state index is 0.843. The molecule has 0 amide bonds. The van der Waals surface area contributed by atoms with Crippen molar-refractivity contribution in [2.24, 2.45) is 0 Å². The average molecular weight is 173 g/mol. The number of imidazole rings is 1. The highest BCUT2D eigenvalue weighted by atomic mass is 14.9. The molecule has 3 nitrogen and oxygen atoms in total. The van der Waals surface area contributed by atoms with Crippen molar-refractivity contribution in [1.29, 1.82) is 0 Å². The molecular formula is C10H11N3. The van der Waals surface area contributed by atoms with E-state index in [1.807, 2.05) is 32.2 Å². The van der Waals surface area contributed by atoms with E-state index < -0.39 is 0 Å². The first kappa shape index (κ1) is 7.98. The summed E-state index contributed by atoms with van der Waals surface area (Å²) in [6.07, 6.45) is 3.59. The molecule has 0 saturated carbocycles. The van der Waals surface area contributed by atoms with Crippen LogP contribution in [-0.4, -0.2) is 15.0 Å². The summed E-state index contributed by atoms with van der Waals surface area (Å²) in [5, 5.41) is 0. The molecule has 2 aromatic rings. The van der Waals surface area contributed by atoms with Gasteiger partial charge in [-0.15, -0.1) is 0 Å². The van der Waals surface area contributed by atoms with Crippen LogP contribution in [0.2, 0.25) is 0 Å². The van der Waals surface area contributed by atoms with Gasteiger partial charge in [0.15, 0.2) is 5.82 Å². The lowest BCUT2D eigenvalue weighted by molar-refractivity contribution is 1.18. The Morgan fingerprint density at radius 3 is 2.69 bits per heavy atom. The molecule has 0 aliphatic heterocycles. The molecular weight excluding hydrogens is 162 g/mol. The minimum absolute atomic E-state index is 0.843. The molecule has 1 N–H and O–H groups in total. The third-order valence-electron chi connectivity index (χ3n) is 1.94. The number of H-pyrrole nitrogens is 1. The zero-order valence-corrected chi connectivity index (χ0v) is 7.70. The number of nitrogens with zero attached hydrogens (tertiary/aromatic N) is 2. The first-order valence-corrected chi connectivity index (χ1v) is 4.21. The summed E-state index contributed by atoms with van der Waals surface area (Å²) in [5.74, 6) is 0.843. The van der Waals surface area contributed by atoms with E-state index in [2.05, 4.69) is 15.0 Å². The van der Waals surface area contributed by atoms with Gasteiger partial charge in [0.2, 0.25) is 0 Å². The number of hydrogen-bond donors (Lipinski definition) is 1. The second-order valence-corrected chi connectivity index (χ2v) is 3.08. The smallest absolute Gasteiger partial charge is 0.156 e. The summed E-state index contributed by atoms with van der Waals surface area (Å²) >= 11 is 0. The van der Waals surface area contributed by atoms with Crippen molar-refractivity contribution in [3.05, 3.63) is 35.8 Å². The third-order valence-corrected chi connectivity index (χ3v) is 1.94. The SMILES string of the molecule is Cc1cnc(-c2ncccc2C)[nH]1. The van der Waals surface area contributed by atoms with Gasteiger partial charge in [0.1, 0.15) is 5.69 Å². The summed E-state index contributed by atoms with van der Waals surface area (Å²) in [4.78, 5) is 11.7. The molecule has 13 heavy (non-hydrogen) atoms. The second kappa shape index (κ2) is 3.01. The fourth-order valence-corrected chi connectivity index (χ4v) is 1.27. The van der Waals surface area contributed by atoms with Crippen molar-refractivity contribution in [2.75, 3.05) is 0 Å². The van der Waals surface area contributed by atoms with Crippen LogP contribution in [-0.2, 0) is 0 Å². The molecule has 2 heterocycles. The zero-order chi connectivity index (χ0) is 9.26. The van der Waals surface area contributed by atoms with Gasteiger partial charge in [-0.1, -0.05) is 6.07 Å². The van der Waals surface area contributed by atoms with Crippen LogP contribution in [0.3, 0.4) is 0 Å². The lowest BCUT2D eigenvalue weighted by Gasteiger charge is -1.99. The number of pyridine rings is 1. The van der Waals surface area contributed by atoms with Crippen molar-refractivity contribution in [3.63, 3.8) is 0 Å². The zero-order valence-electron chi connectivity index (χ0n) is 7.70. The molecule has 0 atom stereocenters. The Bertz CT molecular complexity index is 418. The predicted octanol–water partition coefficient (Wildman–Crippen LogP) is 2.09. The van der Waals surface area contributed by atoms with Gasteiger partial charge in [0.05, 0.1) is 0 Å². The van der Waals surface area contributed by atoms with E-state index in [-0.39, 0.29) is 0 Å². The summed E-state index contributed by atoms with van der Waals surface area (Å²) in [6, 6.07) is 3.95. The monoisotopic (exact) mass is 173 g/mol. The highest BCUT2D eigenvalue weighted by Crippen LogP contribution is 2.16. The molecule has 0 aliphatic rings. The van der Waals surface area contributed by atoms with Gasteiger partial charge in [-0.3, -0.25) is 4.98 Å². The van der Waals surface area contributed by atoms with E-state index in [1.165, 1.54) is 0 Å². The topological polar surface area (TPSA) is 41.6 Å². The summed E-state index contributed by atoms with van der Waals surface area (Å²) in [6.45, 7) is 4.01. The van der Waals surface area contributed by atoms with Crippen LogP contribution in [0.4, 0.5) is 0 Å². The molecule has 0 fully saturated rings. The number of aryl methyl sites for hydroxylation is 2. The first-order chi connectivity index (χ1) is 6.27. The maximum Gasteiger partial charge on any atom is 0.156 e. The van der Waals surface area contributed by atoms with Gasteiger partial charge in [0.25, 0.3) is 0 Å². The first-order valence-electron chi connectivity index (χ1n) is 4.21. The van der Waals surface area contributed by atoms with E-state index in [1.54, 1.807) is 6.20 Å². The van der Waals surface area contributed by atoms with Crippen LogP contribution in [0.1, 0.15) is 11.3 Å². The van der Waals surface area contributed by atoms with Gasteiger partial charge in [-0.05, 0) is 25.5 Å². The number of aromatic amines is 1. The lowest BCUT2D eigenvalue weighted by Crippen LogP contribution is -1.88. The molecule has 0 unspecified atom stereocenters. The Balaban J connectivity index is 2.52. The van der Waals surface area contributed by atoms with Crippen molar-refractivity contribution in [2.45, 2.75) is 13.8 Å². The summed E-state index contributed by atoms with van der Waals surface area (Å²) < 4.78 is 0. The van der Waals surface area contributed by atoms with Crippen molar-refractivity contribution in [1.82, 2.24) is 15.0 Å². The van der Waals surface area contributed by atoms with Crippen molar-refractivity contribution in [3.8, 4) is 11.5 Å². The van der Waals surface area contributed by atoms with Crippen LogP contribution < -0.4 is 0 Å². The average Bonchev–Trinajstić information content (AvgIpc) is 2.53. The van der Waals surface area contributed by atoms with Crippen LogP contribution in [0.5, 0.6) is 0 Å². The normalized spacial score (nSPS) is 10.3. The summed E-state index contributed by atoms with van der Waals surface area (Å²) in [5.41, 5.74) is 3.12. The van der Waals surface area contributed by atoms with Crippen LogP contribution >= 0.6 is 0 Å². The predicted molar refractivity (Wildman–Crippen MR) is 51.3 cm³/mol. The molecule has 66 valence electrons. The number of aromatic nitrogens is 3. The fraction of sp³-hybridized carbons (Fsp3) is 0.200. The van der Waals surface area contributed by atoms with Gasteiger partial charge in [-0.2, -0.15) is 0 Å². The summed E-state index contributed by atoms with van der Waals surface area (Å²) in [7, 11) is 0. The maximum absolute atomic E-state index is 4.27. The Morgan fingerprint density at radius 1 is 1.23 bits per heavy atom. The molecule has 0 bridgehead atoms. The van der Waals surface area contributed by atoms with E-state index in [9.17, 15) is 0 Å². The molecule has 0 saturated heterocycles. The van der Waals surface area contributed by atoms with E-state index in [0.717, 1.165) is 22.8 Å². The van der Waals surface area contributed by atoms with Gasteiger partial charge >= 0.3 is 0 Å². The molecule has 0 radical (unpaired) electrons. The van der Waals surface area contributed by atoms with Gasteiger partial charge < -0.3 is 4.98 Å². The molecule has 0 aromatic carbocycles. The standard InChI is InChI=1S/C10H11N3/c1-7-4-3-5-11-9(7)10-12-6-8(2)13-10/h3-6H,1-2H3,(H,12,13). The van der Waals surface area contributed by atoms with Crippen LogP contribution in [0.15, 0.2) is 24.5 Å². The van der Waals surface area contributed by atoms with Gasteiger partial charge in [-0.25, -0.2) is 4.98 Å². The molecule has 0 spiro atoms. The Hall–Kier alpha value is -1.64. The van der Waals surface area contributed by atoms with Crippen molar-refractivity contribution < 1.29 is 0 Å². The maximum atomic E-state index is 4.27. The fourth-order valence-electron chi connectivity index (χ4n) is 1.27. The lowest BCUT2D eigenvalue weighted by atomic mass is 10.2. The highest BCUT2D eigenvalue weighted by Gasteiger charge is 2.04. The third kappa shape index (κ3) is 1.45. The van der Waals surface area contributed by atoms with E-state index in [0.29, 0.717) is 0 Å². The Kier molecular flexibility index (Phi) is 1.85. The highest BCUT2D eigenvalue weighted by molar-refractivity contribution is 5.54. The van der Waals surface area contributed by atoms with Gasteiger partial charge in [0, 0.05) is 18.1 Å². The van der Waals surface area contributed by atoms with E-state index in [4.69, 9.17) is 0 Å². The van der Waals surface area contributed by atoms with E-state index >= 15 is 0 Å². The second-order valence-electron chi connectivity index (χ2n) is 3.08. The Morgan fingerprint density at radius 2 is 2.08 bits per heavy atom. The van der Waals surface area contributed by atoms with Crippen LogP contribution in [0.25, 0.3) is 11.5 Å². The molecule has 2 rings (SSSR count). The molecule has 2 aromatic heterocycles. The largest absolute Gasteiger partial charge is 0.341 e. The number of nitrogens with one attached hydrogen (secondary N) is 1.